The quantitative estimate of drug-likeness (QED) is 0.113. The standard InChI is InChI=1S/C91H59BN8/c1-8-26-60(27-9-1)67-48-51-80-73(54-67)74-55-68(61-28-10-2-11-29-61)49-52-81(74)100(80)82-53-50-69(79-59-78(63-30-12-3-13-31-63)93-88(94-79)64-32-14-4-15-33-64)56-75(82)91-96-89(65-34-16-5-17-35-65)95-90(97-91)66-46-44-62(45-47-66)70-57-85-87-86(58-70)99(72-38-20-7-21-39-72)84-43-25-23-41-77(84)92(87)76-40-22-24-42-83(76)98(85)71-36-18-6-19-37-71/h1-59H. The first-order valence-electron chi connectivity index (χ1n) is 33.9. The van der Waals surface area contributed by atoms with Gasteiger partial charge in [0.15, 0.2) is 23.3 Å². The number of aromatic nitrogens is 6. The van der Waals surface area contributed by atoms with E-state index in [1.54, 1.807) is 0 Å². The van der Waals surface area contributed by atoms with E-state index in [4.69, 9.17) is 24.9 Å². The Morgan fingerprint density at radius 3 is 1.07 bits per heavy atom. The lowest BCUT2D eigenvalue weighted by molar-refractivity contribution is 1.06. The van der Waals surface area contributed by atoms with Crippen molar-refractivity contribution in [2.24, 2.45) is 0 Å². The Morgan fingerprint density at radius 1 is 0.220 bits per heavy atom. The summed E-state index contributed by atoms with van der Waals surface area (Å²) in [7, 11) is 0. The van der Waals surface area contributed by atoms with Crippen molar-refractivity contribution < 1.29 is 0 Å². The molecule has 100 heavy (non-hydrogen) atoms. The first-order valence-corrected chi connectivity index (χ1v) is 33.9. The highest BCUT2D eigenvalue weighted by atomic mass is 15.2. The van der Waals surface area contributed by atoms with Crippen LogP contribution in [-0.4, -0.2) is 36.2 Å². The molecule has 0 unspecified atom stereocenters. The number of anilines is 6. The van der Waals surface area contributed by atoms with Gasteiger partial charge < -0.3 is 14.4 Å². The third-order valence-electron chi connectivity index (χ3n) is 19.6. The summed E-state index contributed by atoms with van der Waals surface area (Å²) in [4.78, 5) is 32.1. The van der Waals surface area contributed by atoms with E-state index in [0.29, 0.717) is 23.3 Å². The van der Waals surface area contributed by atoms with E-state index in [-0.39, 0.29) is 6.71 Å². The van der Waals surface area contributed by atoms with Gasteiger partial charge in [-0.15, -0.1) is 0 Å². The van der Waals surface area contributed by atoms with Crippen LogP contribution < -0.4 is 26.2 Å². The van der Waals surface area contributed by atoms with Crippen LogP contribution in [0.4, 0.5) is 34.1 Å². The van der Waals surface area contributed by atoms with Gasteiger partial charge in [-0.3, -0.25) is 0 Å². The number of hydrogen-bond donors (Lipinski definition) is 0. The summed E-state index contributed by atoms with van der Waals surface area (Å²) in [6.45, 7) is 0.00115. The largest absolute Gasteiger partial charge is 0.311 e. The van der Waals surface area contributed by atoms with Crippen LogP contribution in [0.2, 0.25) is 0 Å². The lowest BCUT2D eigenvalue weighted by atomic mass is 9.33. The molecule has 0 amide bonds. The van der Waals surface area contributed by atoms with Crippen molar-refractivity contribution in [3.63, 3.8) is 0 Å². The van der Waals surface area contributed by atoms with E-state index in [2.05, 4.69) is 330 Å². The molecule has 17 aromatic rings. The number of hydrogen-bond acceptors (Lipinski definition) is 7. The van der Waals surface area contributed by atoms with E-state index in [1.165, 1.54) is 27.8 Å². The number of benzene rings is 14. The maximum absolute atomic E-state index is 5.65. The van der Waals surface area contributed by atoms with E-state index in [0.717, 1.165) is 128 Å². The Bertz CT molecular complexity index is 5690. The summed E-state index contributed by atoms with van der Waals surface area (Å²) in [5, 5.41) is 2.25. The van der Waals surface area contributed by atoms with E-state index >= 15 is 0 Å². The van der Waals surface area contributed by atoms with Crippen molar-refractivity contribution in [1.29, 1.82) is 0 Å². The van der Waals surface area contributed by atoms with Crippen LogP contribution >= 0.6 is 0 Å². The van der Waals surface area contributed by atoms with Gasteiger partial charge in [0.1, 0.15) is 0 Å². The molecule has 0 N–H and O–H groups in total. The first kappa shape index (κ1) is 58.0. The molecule has 9 heteroatoms. The molecule has 0 radical (unpaired) electrons. The highest BCUT2D eigenvalue weighted by Crippen LogP contribution is 2.47. The molecule has 0 atom stereocenters. The van der Waals surface area contributed by atoms with Crippen LogP contribution in [0.25, 0.3) is 129 Å². The Hall–Kier alpha value is -13.4. The molecule has 19 rings (SSSR count). The predicted molar refractivity (Wildman–Crippen MR) is 413 cm³/mol. The summed E-state index contributed by atoms with van der Waals surface area (Å²) in [5.41, 5.74) is 27.2. The second-order valence-electron chi connectivity index (χ2n) is 25.5. The number of rotatable bonds is 12. The number of fused-ring (bicyclic) bond motifs is 7. The predicted octanol–water partition coefficient (Wildman–Crippen LogP) is 20.8. The van der Waals surface area contributed by atoms with Gasteiger partial charge in [0.2, 0.25) is 0 Å². The monoisotopic (exact) mass is 1270 g/mol. The zero-order valence-electron chi connectivity index (χ0n) is 54.2. The highest BCUT2D eigenvalue weighted by molar-refractivity contribution is 7.00. The van der Waals surface area contributed by atoms with Crippen LogP contribution in [-0.2, 0) is 0 Å². The third-order valence-corrected chi connectivity index (χ3v) is 19.6. The van der Waals surface area contributed by atoms with E-state index < -0.39 is 0 Å². The lowest BCUT2D eigenvalue weighted by Gasteiger charge is -2.44. The van der Waals surface area contributed by atoms with Crippen LogP contribution in [0.3, 0.4) is 0 Å². The first-order chi connectivity index (χ1) is 49.6. The average molecular weight is 1280 g/mol. The van der Waals surface area contributed by atoms with Crippen molar-refractivity contribution in [1.82, 2.24) is 29.5 Å². The maximum atomic E-state index is 5.65. The van der Waals surface area contributed by atoms with Crippen LogP contribution in [0.1, 0.15) is 0 Å². The molecule has 14 aromatic carbocycles. The molecule has 3 aromatic heterocycles. The molecule has 0 spiro atoms. The molecule has 0 bridgehead atoms. The zero-order chi connectivity index (χ0) is 66.0. The van der Waals surface area contributed by atoms with Crippen LogP contribution in [0.5, 0.6) is 0 Å². The van der Waals surface area contributed by atoms with Gasteiger partial charge in [-0.1, -0.05) is 267 Å². The molecule has 0 aliphatic carbocycles. The minimum absolute atomic E-state index is 0.00115. The minimum atomic E-state index is 0.00115. The van der Waals surface area contributed by atoms with Crippen LogP contribution in [0, 0.1) is 0 Å². The third kappa shape index (κ3) is 10.1. The topological polar surface area (TPSA) is 75.9 Å². The summed E-state index contributed by atoms with van der Waals surface area (Å²) in [5.74, 6) is 2.22. The fraction of sp³-hybridized carbons (Fsp3) is 0. The molecule has 8 nitrogen and oxygen atoms in total. The fourth-order valence-electron chi connectivity index (χ4n) is 15.0. The number of para-hydroxylation sites is 4. The van der Waals surface area contributed by atoms with E-state index in [1.807, 2.05) is 42.5 Å². The molecular weight excluding hydrogens is 1220 g/mol. The van der Waals surface area contributed by atoms with Crippen molar-refractivity contribution in [3.05, 3.63) is 358 Å². The molecule has 0 fully saturated rings. The Morgan fingerprint density at radius 2 is 0.580 bits per heavy atom. The zero-order valence-corrected chi connectivity index (χ0v) is 54.2. The number of nitrogens with zero attached hydrogens (tertiary/aromatic N) is 8. The molecule has 0 saturated carbocycles. The normalized spacial score (nSPS) is 12.1. The highest BCUT2D eigenvalue weighted by Gasteiger charge is 2.43. The van der Waals surface area contributed by atoms with Gasteiger partial charge in [-0.25, -0.2) is 24.9 Å². The smallest absolute Gasteiger partial charge is 0.252 e. The summed E-state index contributed by atoms with van der Waals surface area (Å²) < 4.78 is 2.39. The molecule has 0 saturated heterocycles. The summed E-state index contributed by atoms with van der Waals surface area (Å²) in [6.07, 6.45) is 0. The van der Waals surface area contributed by atoms with Gasteiger partial charge in [0.25, 0.3) is 6.71 Å². The second-order valence-corrected chi connectivity index (χ2v) is 25.5. The van der Waals surface area contributed by atoms with Crippen LogP contribution in [0.15, 0.2) is 358 Å². The summed E-state index contributed by atoms with van der Waals surface area (Å²) >= 11 is 0. The van der Waals surface area contributed by atoms with Gasteiger partial charge in [-0.2, -0.15) is 0 Å². The van der Waals surface area contributed by atoms with Crippen molar-refractivity contribution in [3.8, 4) is 107 Å². The molecule has 2 aliphatic heterocycles. The lowest BCUT2D eigenvalue weighted by Crippen LogP contribution is -2.61. The van der Waals surface area contributed by atoms with Gasteiger partial charge in [0.05, 0.1) is 28.1 Å². The van der Waals surface area contributed by atoms with Gasteiger partial charge in [0, 0.05) is 78.3 Å². The Labute approximate surface area is 579 Å². The molecule has 2 aliphatic rings. The average Bonchev–Trinajstić information content (AvgIpc) is 0.834. The van der Waals surface area contributed by atoms with Gasteiger partial charge in [-0.05, 0) is 141 Å². The SMILES string of the molecule is c1ccc(-c2ccc3c(c2)c2cc(-c4ccccc4)ccc2n3-c2ccc(-c3cc(-c4ccccc4)nc(-c4ccccc4)n3)cc2-c2nc(-c3ccccc3)nc(-c3ccc(-c4cc5c6c(c4)N(c4ccccc4)c4ccccc4B6c4ccccc4N5c4ccccc4)cc3)n2)cc1. The van der Waals surface area contributed by atoms with Crippen molar-refractivity contribution in [2.75, 3.05) is 9.80 Å². The minimum Gasteiger partial charge on any atom is -0.311 e. The molecular formula is C91H59BN8. The van der Waals surface area contributed by atoms with Crippen molar-refractivity contribution >= 4 is 79.0 Å². The Balaban J connectivity index is 0.820. The molecule has 5 heterocycles. The van der Waals surface area contributed by atoms with Gasteiger partial charge >= 0.3 is 0 Å². The van der Waals surface area contributed by atoms with E-state index in [9.17, 15) is 0 Å². The molecule has 466 valence electrons. The maximum Gasteiger partial charge on any atom is 0.252 e. The summed E-state index contributed by atoms with van der Waals surface area (Å²) in [6, 6.07) is 127. The van der Waals surface area contributed by atoms with Crippen molar-refractivity contribution in [2.45, 2.75) is 0 Å². The Kier molecular flexibility index (Phi) is 14.1. The second kappa shape index (κ2) is 24.4. The fourth-order valence-corrected chi connectivity index (χ4v) is 15.0.